The lowest BCUT2D eigenvalue weighted by atomic mass is 10.0. The molecule has 0 atom stereocenters. The third kappa shape index (κ3) is 4.01. The minimum Gasteiger partial charge on any atom is -0.402 e. The lowest BCUT2D eigenvalue weighted by molar-refractivity contribution is 0.145. The summed E-state index contributed by atoms with van der Waals surface area (Å²) in [4.78, 5) is 10.5. The number of aromatic amines is 1. The summed E-state index contributed by atoms with van der Waals surface area (Å²) in [7, 11) is 1.46. The van der Waals surface area contributed by atoms with Crippen molar-refractivity contribution in [2.45, 2.75) is 18.9 Å². The Morgan fingerprint density at radius 2 is 2.25 bits per heavy atom. The van der Waals surface area contributed by atoms with Gasteiger partial charge in [-0.05, 0) is 18.9 Å². The van der Waals surface area contributed by atoms with E-state index in [-0.39, 0.29) is 17.5 Å². The van der Waals surface area contributed by atoms with Gasteiger partial charge in [0.15, 0.2) is 5.83 Å². The van der Waals surface area contributed by atoms with Crippen LogP contribution in [0.4, 0.5) is 21.7 Å². The van der Waals surface area contributed by atoms with Crippen molar-refractivity contribution in [3.8, 4) is 0 Å². The van der Waals surface area contributed by atoms with Crippen LogP contribution in [0, 0.1) is 5.41 Å². The van der Waals surface area contributed by atoms with Gasteiger partial charge >= 0.3 is 0 Å². The zero-order chi connectivity index (χ0) is 20.1. The van der Waals surface area contributed by atoms with E-state index in [0.29, 0.717) is 48.8 Å². The summed E-state index contributed by atoms with van der Waals surface area (Å²) in [5, 5.41) is 27.5. The smallest absolute Gasteiger partial charge is 0.165 e. The van der Waals surface area contributed by atoms with Crippen LogP contribution in [-0.4, -0.2) is 58.5 Å². The second kappa shape index (κ2) is 8.61. The average Bonchev–Trinajstić information content (AvgIpc) is 3.21. The number of nitrogens with zero attached hydrogens (tertiary/aromatic N) is 4. The van der Waals surface area contributed by atoms with E-state index in [1.165, 1.54) is 13.3 Å². The van der Waals surface area contributed by atoms with Gasteiger partial charge in [-0.15, -0.1) is 0 Å². The Morgan fingerprint density at radius 3 is 2.82 bits per heavy atom. The Labute approximate surface area is 161 Å². The molecule has 9 nitrogen and oxygen atoms in total. The van der Waals surface area contributed by atoms with Crippen molar-refractivity contribution in [2.24, 2.45) is 10.7 Å². The van der Waals surface area contributed by atoms with E-state index in [0.717, 1.165) is 6.20 Å². The molecule has 0 unspecified atom stereocenters. The molecule has 148 valence electrons. The van der Waals surface area contributed by atoms with E-state index in [4.69, 9.17) is 11.1 Å². The van der Waals surface area contributed by atoms with Crippen molar-refractivity contribution in [1.82, 2.24) is 15.2 Å². The number of anilines is 3. The van der Waals surface area contributed by atoms with Gasteiger partial charge in [0.1, 0.15) is 17.3 Å². The number of hydrogen-bond donors (Lipinski definition) is 5. The van der Waals surface area contributed by atoms with Crippen molar-refractivity contribution in [3.63, 3.8) is 0 Å². The molecule has 0 aliphatic carbocycles. The second-order valence-corrected chi connectivity index (χ2v) is 6.33. The van der Waals surface area contributed by atoms with Crippen molar-refractivity contribution < 1.29 is 9.50 Å². The van der Waals surface area contributed by atoms with E-state index >= 15 is 0 Å². The molecule has 1 aliphatic rings. The highest BCUT2D eigenvalue weighted by Gasteiger charge is 2.24. The molecule has 1 saturated heterocycles. The number of aliphatic imine (C=N–C) groups is 1. The second-order valence-electron chi connectivity index (χ2n) is 6.33. The summed E-state index contributed by atoms with van der Waals surface area (Å²) in [6, 6.07) is 3.41. The van der Waals surface area contributed by atoms with E-state index in [1.807, 2.05) is 4.90 Å². The molecule has 2 aromatic heterocycles. The molecule has 0 aromatic carbocycles. The topological polar surface area (TPSA) is 139 Å². The third-order valence-electron chi connectivity index (χ3n) is 4.58. The Morgan fingerprint density at radius 1 is 1.50 bits per heavy atom. The first-order chi connectivity index (χ1) is 13.6. The monoisotopic (exact) mass is 386 g/mol. The maximum absolute atomic E-state index is 14.2. The molecular formula is C18H23FN8O. The lowest BCUT2D eigenvalue weighted by Gasteiger charge is -2.33. The molecule has 10 heteroatoms. The van der Waals surface area contributed by atoms with E-state index in [9.17, 15) is 9.50 Å². The highest BCUT2D eigenvalue weighted by Crippen LogP contribution is 2.31. The quantitative estimate of drug-likeness (QED) is 0.479. The van der Waals surface area contributed by atoms with Crippen LogP contribution in [0.25, 0.3) is 0 Å². The van der Waals surface area contributed by atoms with Crippen LogP contribution >= 0.6 is 0 Å². The van der Waals surface area contributed by atoms with Crippen LogP contribution in [0.3, 0.4) is 0 Å². The Bertz CT molecular complexity index is 885. The van der Waals surface area contributed by atoms with Crippen molar-refractivity contribution in [3.05, 3.63) is 41.6 Å². The molecule has 1 aliphatic heterocycles. The predicted molar refractivity (Wildman–Crippen MR) is 107 cm³/mol. The summed E-state index contributed by atoms with van der Waals surface area (Å²) in [5.41, 5.74) is 6.89. The van der Waals surface area contributed by atoms with Gasteiger partial charge in [0.25, 0.3) is 0 Å². The maximum Gasteiger partial charge on any atom is 0.165 e. The van der Waals surface area contributed by atoms with Gasteiger partial charge in [0, 0.05) is 38.6 Å². The van der Waals surface area contributed by atoms with Crippen LogP contribution < -0.4 is 16.0 Å². The number of H-pyrrole nitrogens is 1. The minimum atomic E-state index is -0.690. The number of pyridine rings is 1. The van der Waals surface area contributed by atoms with Gasteiger partial charge in [0.05, 0.1) is 29.2 Å². The third-order valence-corrected chi connectivity index (χ3v) is 4.58. The number of allylic oxidation sites excluding steroid dienone is 1. The first-order valence-corrected chi connectivity index (χ1v) is 8.87. The minimum absolute atomic E-state index is 0.0185. The number of hydrogen-bond acceptors (Lipinski definition) is 8. The van der Waals surface area contributed by atoms with Gasteiger partial charge in [-0.25, -0.2) is 9.37 Å². The molecule has 0 radical (unpaired) electrons. The Balaban J connectivity index is 2.12. The number of aliphatic hydroxyl groups excluding tert-OH is 1. The summed E-state index contributed by atoms with van der Waals surface area (Å²) in [6.45, 7) is 1.23. The molecule has 28 heavy (non-hydrogen) atoms. The van der Waals surface area contributed by atoms with Crippen molar-refractivity contribution in [2.75, 3.05) is 30.4 Å². The van der Waals surface area contributed by atoms with Gasteiger partial charge in [-0.3, -0.25) is 10.1 Å². The fourth-order valence-electron chi connectivity index (χ4n) is 3.14. The zero-order valence-corrected chi connectivity index (χ0v) is 15.5. The predicted octanol–water partition coefficient (Wildman–Crippen LogP) is 1.70. The molecule has 0 bridgehead atoms. The van der Waals surface area contributed by atoms with Crippen LogP contribution in [-0.2, 0) is 0 Å². The maximum atomic E-state index is 14.2. The fourth-order valence-corrected chi connectivity index (χ4v) is 3.14. The van der Waals surface area contributed by atoms with Crippen LogP contribution in [0.5, 0.6) is 0 Å². The molecule has 0 amide bonds. The Hall–Kier alpha value is -3.27. The Kier molecular flexibility index (Phi) is 5.99. The molecule has 3 heterocycles. The SMILES string of the molecule is CN=C(C(F)=CN)c1cc(N2CCC(O)CC2)c(C=N)c(Nc2ccn[nH]2)n1. The number of nitrogens with one attached hydrogen (secondary N) is 3. The number of aliphatic hydroxyl groups is 1. The van der Waals surface area contributed by atoms with Crippen molar-refractivity contribution >= 4 is 29.2 Å². The highest BCUT2D eigenvalue weighted by molar-refractivity contribution is 6.11. The van der Waals surface area contributed by atoms with Crippen LogP contribution in [0.1, 0.15) is 24.1 Å². The number of rotatable bonds is 6. The van der Waals surface area contributed by atoms with E-state index in [1.54, 1.807) is 18.3 Å². The molecule has 0 saturated carbocycles. The van der Waals surface area contributed by atoms with Gasteiger partial charge in [-0.2, -0.15) is 5.10 Å². The zero-order valence-electron chi connectivity index (χ0n) is 15.5. The largest absolute Gasteiger partial charge is 0.402 e. The highest BCUT2D eigenvalue weighted by atomic mass is 19.1. The fraction of sp³-hybridized carbons (Fsp3) is 0.333. The normalized spacial score (nSPS) is 16.3. The summed E-state index contributed by atoms with van der Waals surface area (Å²) in [5.74, 6) is 0.256. The van der Waals surface area contributed by atoms with E-state index < -0.39 is 5.83 Å². The first-order valence-electron chi connectivity index (χ1n) is 8.87. The number of nitrogens with two attached hydrogens (primary N) is 1. The van der Waals surface area contributed by atoms with E-state index in [2.05, 4.69) is 25.5 Å². The first kappa shape index (κ1) is 19.5. The summed E-state index contributed by atoms with van der Waals surface area (Å²) in [6.07, 6.45) is 4.52. The molecule has 1 fully saturated rings. The lowest BCUT2D eigenvalue weighted by Crippen LogP contribution is -2.36. The molecule has 3 rings (SSSR count). The number of piperidine rings is 1. The van der Waals surface area contributed by atoms with Gasteiger partial charge < -0.3 is 26.5 Å². The van der Waals surface area contributed by atoms with Gasteiger partial charge in [0.2, 0.25) is 0 Å². The molecule has 2 aromatic rings. The standard InChI is InChI=1S/C18H23FN8O/c1-22-17(13(19)10-21)14-8-15(27-6-3-11(28)4-7-27)12(9-20)18(24-14)25-16-2-5-23-26-16/h2,5,8-11,20,28H,3-4,6-7,21H2,1H3,(H2,23,24,25,26). The molecule has 0 spiro atoms. The van der Waals surface area contributed by atoms with Crippen molar-refractivity contribution in [1.29, 1.82) is 5.41 Å². The molecular weight excluding hydrogens is 363 g/mol. The van der Waals surface area contributed by atoms with Crippen LogP contribution in [0.2, 0.25) is 0 Å². The van der Waals surface area contributed by atoms with Gasteiger partial charge in [-0.1, -0.05) is 0 Å². The summed E-state index contributed by atoms with van der Waals surface area (Å²) >= 11 is 0. The number of aromatic nitrogens is 3. The average molecular weight is 386 g/mol. The van der Waals surface area contributed by atoms with Crippen LogP contribution in [0.15, 0.2) is 35.3 Å². The number of halogens is 1. The summed E-state index contributed by atoms with van der Waals surface area (Å²) < 4.78 is 14.2. The molecule has 6 N–H and O–H groups in total.